The molecular formula is C18H17BrN2O2. The molecule has 1 fully saturated rings. The molecule has 1 atom stereocenters. The Morgan fingerprint density at radius 1 is 1.13 bits per heavy atom. The topological polar surface area (TPSA) is 30.5 Å². The lowest BCUT2D eigenvalue weighted by molar-refractivity contribution is 0.0258. The van der Waals surface area contributed by atoms with Crippen molar-refractivity contribution in [1.29, 1.82) is 0 Å². The van der Waals surface area contributed by atoms with Crippen molar-refractivity contribution in [2.75, 3.05) is 13.2 Å². The Morgan fingerprint density at radius 2 is 2.00 bits per heavy atom. The van der Waals surface area contributed by atoms with Crippen LogP contribution in [-0.2, 0) is 11.3 Å². The number of aromatic nitrogens is 1. The van der Waals surface area contributed by atoms with E-state index in [0.717, 1.165) is 41.2 Å². The third-order valence-corrected chi connectivity index (χ3v) is 4.58. The minimum Gasteiger partial charge on any atom is -0.468 e. The maximum absolute atomic E-state index is 5.93. The lowest BCUT2D eigenvalue weighted by Crippen LogP contribution is -2.22. The van der Waals surface area contributed by atoms with Crippen LogP contribution >= 0.6 is 15.9 Å². The summed E-state index contributed by atoms with van der Waals surface area (Å²) in [6.45, 7) is 2.42. The zero-order valence-corrected chi connectivity index (χ0v) is 14.1. The van der Waals surface area contributed by atoms with E-state index < -0.39 is 0 Å². The summed E-state index contributed by atoms with van der Waals surface area (Å²) in [5.41, 5.74) is 2.30. The molecule has 4 rings (SSSR count). The average Bonchev–Trinajstić information content (AvgIpc) is 3.29. The molecular weight excluding hydrogens is 356 g/mol. The van der Waals surface area contributed by atoms with Gasteiger partial charge >= 0.3 is 0 Å². The molecule has 3 aromatic rings. The zero-order chi connectivity index (χ0) is 15.6. The summed E-state index contributed by atoms with van der Waals surface area (Å²) >= 11 is 3.47. The van der Waals surface area contributed by atoms with Crippen molar-refractivity contribution in [2.24, 2.45) is 0 Å². The molecule has 0 saturated carbocycles. The fourth-order valence-corrected chi connectivity index (χ4v) is 3.17. The first kappa shape index (κ1) is 14.8. The van der Waals surface area contributed by atoms with Gasteiger partial charge in [0.1, 0.15) is 12.0 Å². The van der Waals surface area contributed by atoms with Gasteiger partial charge in [0.2, 0.25) is 0 Å². The highest BCUT2D eigenvalue weighted by atomic mass is 79.9. The van der Waals surface area contributed by atoms with Gasteiger partial charge in [0, 0.05) is 34.7 Å². The number of hydrogen-bond donors (Lipinski definition) is 0. The highest BCUT2D eigenvalue weighted by Gasteiger charge is 2.28. The summed E-state index contributed by atoms with van der Waals surface area (Å²) in [7, 11) is 0. The Hall–Kier alpha value is -1.82. The second-order valence-corrected chi connectivity index (χ2v) is 6.52. The molecule has 0 bridgehead atoms. The van der Waals surface area contributed by atoms with E-state index in [1.807, 2.05) is 24.3 Å². The van der Waals surface area contributed by atoms with Crippen molar-refractivity contribution in [3.05, 3.63) is 76.9 Å². The van der Waals surface area contributed by atoms with Gasteiger partial charge in [0.05, 0.1) is 19.4 Å². The van der Waals surface area contributed by atoms with Crippen molar-refractivity contribution in [2.45, 2.75) is 12.8 Å². The summed E-state index contributed by atoms with van der Waals surface area (Å²) in [6.07, 6.45) is 5.90. The standard InChI is InChI=1S/C18H17BrN2O2/c19-15-3-5-16(6-4-15)20-8-7-14(12-20)18-21(9-11-23-18)13-17-2-1-10-22-17/h1-8,10,12,18H,9,11,13H2/t18-/m1/s1. The molecule has 0 radical (unpaired) electrons. The molecule has 23 heavy (non-hydrogen) atoms. The molecule has 2 aromatic heterocycles. The second-order valence-electron chi connectivity index (χ2n) is 5.60. The van der Waals surface area contributed by atoms with E-state index in [4.69, 9.17) is 9.15 Å². The van der Waals surface area contributed by atoms with Gasteiger partial charge in [-0.25, -0.2) is 0 Å². The molecule has 0 unspecified atom stereocenters. The predicted molar refractivity (Wildman–Crippen MR) is 91.3 cm³/mol. The smallest absolute Gasteiger partial charge is 0.138 e. The number of benzene rings is 1. The number of halogens is 1. The van der Waals surface area contributed by atoms with Gasteiger partial charge in [-0.1, -0.05) is 15.9 Å². The Bertz CT molecular complexity index is 765. The number of rotatable bonds is 4. The summed E-state index contributed by atoms with van der Waals surface area (Å²) in [5.74, 6) is 0.966. The van der Waals surface area contributed by atoms with Crippen molar-refractivity contribution in [1.82, 2.24) is 9.47 Å². The van der Waals surface area contributed by atoms with Crippen LogP contribution in [0.25, 0.3) is 5.69 Å². The lowest BCUT2D eigenvalue weighted by atomic mass is 10.2. The van der Waals surface area contributed by atoms with Crippen LogP contribution in [0, 0.1) is 0 Å². The zero-order valence-electron chi connectivity index (χ0n) is 12.6. The van der Waals surface area contributed by atoms with Crippen LogP contribution in [0.2, 0.25) is 0 Å². The van der Waals surface area contributed by atoms with E-state index in [2.05, 4.69) is 56.0 Å². The molecule has 0 N–H and O–H groups in total. The average molecular weight is 373 g/mol. The quantitative estimate of drug-likeness (QED) is 0.681. The van der Waals surface area contributed by atoms with Crippen LogP contribution in [-0.4, -0.2) is 22.6 Å². The van der Waals surface area contributed by atoms with E-state index >= 15 is 0 Å². The van der Waals surface area contributed by atoms with Crippen LogP contribution in [0.15, 0.2) is 70.0 Å². The summed E-state index contributed by atoms with van der Waals surface area (Å²) < 4.78 is 14.6. The lowest BCUT2D eigenvalue weighted by Gasteiger charge is -2.21. The van der Waals surface area contributed by atoms with Crippen LogP contribution in [0.3, 0.4) is 0 Å². The molecule has 3 heterocycles. The monoisotopic (exact) mass is 372 g/mol. The molecule has 1 aliphatic rings. The molecule has 0 spiro atoms. The predicted octanol–water partition coefficient (Wildman–Crippen LogP) is 4.36. The largest absolute Gasteiger partial charge is 0.468 e. The maximum atomic E-state index is 5.93. The number of hydrogen-bond acceptors (Lipinski definition) is 3. The van der Waals surface area contributed by atoms with Gasteiger partial charge in [-0.15, -0.1) is 0 Å². The van der Waals surface area contributed by atoms with Crippen molar-refractivity contribution >= 4 is 15.9 Å². The molecule has 0 aliphatic carbocycles. The fraction of sp³-hybridized carbons (Fsp3) is 0.222. The van der Waals surface area contributed by atoms with Crippen molar-refractivity contribution in [3.63, 3.8) is 0 Å². The Morgan fingerprint density at radius 3 is 2.78 bits per heavy atom. The third-order valence-electron chi connectivity index (χ3n) is 4.05. The molecule has 1 aromatic carbocycles. The maximum Gasteiger partial charge on any atom is 0.138 e. The van der Waals surface area contributed by atoms with Crippen molar-refractivity contribution < 1.29 is 9.15 Å². The molecule has 4 nitrogen and oxygen atoms in total. The van der Waals surface area contributed by atoms with E-state index in [1.54, 1.807) is 6.26 Å². The number of ether oxygens (including phenoxy) is 1. The van der Waals surface area contributed by atoms with Gasteiger partial charge in [-0.2, -0.15) is 0 Å². The molecule has 5 heteroatoms. The summed E-state index contributed by atoms with van der Waals surface area (Å²) in [4.78, 5) is 2.29. The minimum absolute atomic E-state index is 0.0169. The van der Waals surface area contributed by atoms with Crippen LogP contribution < -0.4 is 0 Å². The Labute approximate surface area is 143 Å². The molecule has 118 valence electrons. The van der Waals surface area contributed by atoms with Crippen molar-refractivity contribution in [3.8, 4) is 5.69 Å². The van der Waals surface area contributed by atoms with Gasteiger partial charge in [0.25, 0.3) is 0 Å². The molecule has 1 saturated heterocycles. The van der Waals surface area contributed by atoms with E-state index in [-0.39, 0.29) is 6.23 Å². The van der Waals surface area contributed by atoms with E-state index in [9.17, 15) is 0 Å². The summed E-state index contributed by atoms with van der Waals surface area (Å²) in [5, 5.41) is 0. The SMILES string of the molecule is Brc1ccc(-n2ccc([C@H]3OCCN3Cc3ccco3)c2)cc1. The normalized spacial score (nSPS) is 18.6. The Balaban J connectivity index is 1.54. The van der Waals surface area contributed by atoms with Crippen LogP contribution in [0.1, 0.15) is 17.6 Å². The highest BCUT2D eigenvalue weighted by Crippen LogP contribution is 2.29. The summed E-state index contributed by atoms with van der Waals surface area (Å²) in [6, 6.07) is 14.3. The van der Waals surface area contributed by atoms with E-state index in [0.29, 0.717) is 0 Å². The van der Waals surface area contributed by atoms with Gasteiger partial charge < -0.3 is 13.7 Å². The molecule has 1 aliphatic heterocycles. The van der Waals surface area contributed by atoms with Gasteiger partial charge in [0.15, 0.2) is 0 Å². The van der Waals surface area contributed by atoms with Gasteiger partial charge in [-0.3, -0.25) is 4.90 Å². The highest BCUT2D eigenvalue weighted by molar-refractivity contribution is 9.10. The van der Waals surface area contributed by atoms with Gasteiger partial charge in [-0.05, 0) is 42.5 Å². The van der Waals surface area contributed by atoms with E-state index in [1.165, 1.54) is 0 Å². The first-order valence-electron chi connectivity index (χ1n) is 7.61. The third kappa shape index (κ3) is 3.13. The first-order valence-corrected chi connectivity index (χ1v) is 8.41. The second kappa shape index (κ2) is 6.35. The van der Waals surface area contributed by atoms with Crippen LogP contribution in [0.5, 0.6) is 0 Å². The fourth-order valence-electron chi connectivity index (χ4n) is 2.91. The molecule has 0 amide bonds. The Kier molecular flexibility index (Phi) is 4.08. The number of furan rings is 1. The van der Waals surface area contributed by atoms with Crippen LogP contribution in [0.4, 0.5) is 0 Å². The minimum atomic E-state index is -0.0169. The first-order chi connectivity index (χ1) is 11.3. The number of nitrogens with zero attached hydrogens (tertiary/aromatic N) is 2.